The van der Waals surface area contributed by atoms with E-state index in [2.05, 4.69) is 11.0 Å². The van der Waals surface area contributed by atoms with Crippen molar-refractivity contribution in [2.45, 2.75) is 12.8 Å². The van der Waals surface area contributed by atoms with Gasteiger partial charge in [0.25, 0.3) is 0 Å². The smallest absolute Gasteiger partial charge is 0.319 e. The van der Waals surface area contributed by atoms with E-state index in [0.29, 0.717) is 28.9 Å². The van der Waals surface area contributed by atoms with Crippen molar-refractivity contribution in [1.82, 2.24) is 0 Å². The van der Waals surface area contributed by atoms with Crippen LogP contribution in [0, 0.1) is 0 Å². The van der Waals surface area contributed by atoms with Crippen LogP contribution in [-0.2, 0) is 14.0 Å². The Morgan fingerprint density at radius 1 is 1.42 bits per heavy atom. The minimum absolute atomic E-state index is 0.129. The van der Waals surface area contributed by atoms with Gasteiger partial charge in [0.05, 0.1) is 9.39 Å². The lowest BCUT2D eigenvalue weighted by Gasteiger charge is -2.01. The maximum absolute atomic E-state index is 10.8. The summed E-state index contributed by atoms with van der Waals surface area (Å²) in [5, 5.41) is 0.129. The van der Waals surface area contributed by atoms with Gasteiger partial charge in [-0.05, 0) is 6.42 Å². The number of carbonyl (C=O) groups is 2. The van der Waals surface area contributed by atoms with Gasteiger partial charge in [-0.2, -0.15) is 0 Å². The fourth-order valence-electron chi connectivity index (χ4n) is 0.601. The Balaban J connectivity index is 3.72. The van der Waals surface area contributed by atoms with Crippen molar-refractivity contribution < 1.29 is 14.0 Å². The number of rotatable bonds is 4. The van der Waals surface area contributed by atoms with Crippen LogP contribution in [0.5, 0.6) is 0 Å². The highest BCUT2D eigenvalue weighted by Crippen LogP contribution is 2.08. The molecule has 0 aliphatic heterocycles. The predicted molar refractivity (Wildman–Crippen MR) is 56.9 cm³/mol. The highest BCUT2D eigenvalue weighted by atomic mass is 32.4. The Kier molecular flexibility index (Phi) is 6.04. The van der Waals surface area contributed by atoms with Crippen molar-refractivity contribution in [2.75, 3.05) is 0 Å². The summed E-state index contributed by atoms with van der Waals surface area (Å²) in [4.78, 5) is 21.7. The standard InChI is InChI=1S/C6H12O3SSi2/c1-4(6(8)9-11)2-3-5(7)10-12/h1-3H2,11-12H3. The third kappa shape index (κ3) is 4.52. The molecule has 0 atom stereocenters. The molecule has 0 aromatic carbocycles. The first-order valence-electron chi connectivity index (χ1n) is 3.44. The molecule has 0 aromatic heterocycles. The van der Waals surface area contributed by atoms with E-state index in [1.165, 1.54) is 11.2 Å². The van der Waals surface area contributed by atoms with Gasteiger partial charge in [-0.3, -0.25) is 4.79 Å². The summed E-state index contributed by atoms with van der Waals surface area (Å²) in [7, 11) is 1.19. The topological polar surface area (TPSA) is 43.4 Å². The Morgan fingerprint density at radius 2 is 2.00 bits per heavy atom. The average Bonchev–Trinajstić information content (AvgIpc) is 2.11. The zero-order valence-corrected chi connectivity index (χ0v) is 12.1. The van der Waals surface area contributed by atoms with Gasteiger partial charge in [0.2, 0.25) is 10.5 Å². The van der Waals surface area contributed by atoms with Crippen molar-refractivity contribution in [3.63, 3.8) is 0 Å². The highest BCUT2D eigenvalue weighted by Gasteiger charge is 2.07. The van der Waals surface area contributed by atoms with E-state index in [1.54, 1.807) is 0 Å². The minimum atomic E-state index is -0.368. The van der Waals surface area contributed by atoms with Gasteiger partial charge in [0, 0.05) is 12.0 Å². The molecule has 0 unspecified atom stereocenters. The second-order valence-corrected chi connectivity index (χ2v) is 4.67. The molecule has 0 aliphatic carbocycles. The molecule has 0 aromatic rings. The van der Waals surface area contributed by atoms with Gasteiger partial charge in [-0.25, -0.2) is 4.79 Å². The number of hydrogen-bond donors (Lipinski definition) is 0. The maximum Gasteiger partial charge on any atom is 0.319 e. The zero-order valence-electron chi connectivity index (χ0n) is 7.25. The summed E-state index contributed by atoms with van der Waals surface area (Å²) in [5.41, 5.74) is 0.397. The Hall–Kier alpha value is -0.336. The minimum Gasteiger partial charge on any atom is -0.526 e. The third-order valence-corrected chi connectivity index (χ3v) is 3.73. The van der Waals surface area contributed by atoms with Gasteiger partial charge in [-0.1, -0.05) is 6.58 Å². The molecule has 0 radical (unpaired) electrons. The Labute approximate surface area is 81.5 Å². The summed E-state index contributed by atoms with van der Waals surface area (Å²) in [5.74, 6) is -0.368. The lowest BCUT2D eigenvalue weighted by molar-refractivity contribution is -0.129. The van der Waals surface area contributed by atoms with Crippen LogP contribution < -0.4 is 0 Å². The van der Waals surface area contributed by atoms with Gasteiger partial charge in [-0.15, -0.1) is 11.2 Å². The first-order chi connectivity index (χ1) is 5.61. The SMILES string of the molecule is C=C(CCC(=O)S[SiH3])C(=O)O[SiH3]. The first-order valence-corrected chi connectivity index (χ1v) is 7.93. The van der Waals surface area contributed by atoms with Crippen LogP contribution >= 0.6 is 11.2 Å². The molecule has 6 heteroatoms. The van der Waals surface area contributed by atoms with E-state index >= 15 is 0 Å². The van der Waals surface area contributed by atoms with E-state index in [9.17, 15) is 9.59 Å². The van der Waals surface area contributed by atoms with Crippen molar-refractivity contribution in [1.29, 1.82) is 0 Å². The molecule has 3 nitrogen and oxygen atoms in total. The lowest BCUT2D eigenvalue weighted by Crippen LogP contribution is -2.05. The maximum atomic E-state index is 10.8. The van der Waals surface area contributed by atoms with E-state index in [0.717, 1.165) is 9.39 Å². The second kappa shape index (κ2) is 6.21. The number of carbonyl (C=O) groups excluding carboxylic acids is 2. The fourth-order valence-corrected chi connectivity index (χ4v) is 1.81. The van der Waals surface area contributed by atoms with E-state index < -0.39 is 0 Å². The molecule has 0 heterocycles. The molecule has 0 bridgehead atoms. The molecule has 0 amide bonds. The van der Waals surface area contributed by atoms with Crippen molar-refractivity contribution >= 4 is 42.2 Å². The largest absolute Gasteiger partial charge is 0.526 e. The quantitative estimate of drug-likeness (QED) is 0.436. The molecule has 0 fully saturated rings. The van der Waals surface area contributed by atoms with Crippen LogP contribution in [0.3, 0.4) is 0 Å². The lowest BCUT2D eigenvalue weighted by atomic mass is 10.2. The van der Waals surface area contributed by atoms with Crippen molar-refractivity contribution in [3.05, 3.63) is 12.2 Å². The van der Waals surface area contributed by atoms with Crippen LogP contribution in [0.25, 0.3) is 0 Å². The monoisotopic (exact) mass is 220 g/mol. The normalized spacial score (nSPS) is 9.67. The summed E-state index contributed by atoms with van der Waals surface area (Å²) in [6.07, 6.45) is 0.818. The molecule has 12 heavy (non-hydrogen) atoms. The third-order valence-electron chi connectivity index (χ3n) is 1.33. The first kappa shape index (κ1) is 11.7. The van der Waals surface area contributed by atoms with E-state index in [-0.39, 0.29) is 11.1 Å². The van der Waals surface area contributed by atoms with E-state index in [4.69, 9.17) is 0 Å². The molecule has 0 saturated carbocycles. The van der Waals surface area contributed by atoms with Crippen LogP contribution in [0.15, 0.2) is 12.2 Å². The molecule has 0 aliphatic rings. The summed E-state index contributed by atoms with van der Waals surface area (Å²) >= 11 is 1.30. The van der Waals surface area contributed by atoms with Crippen LogP contribution in [0.2, 0.25) is 0 Å². The average molecular weight is 220 g/mol. The molecule has 0 rings (SSSR count). The van der Waals surface area contributed by atoms with Gasteiger partial charge in [0.15, 0.2) is 5.12 Å². The summed E-state index contributed by atoms with van der Waals surface area (Å²) < 4.78 is 4.57. The highest BCUT2D eigenvalue weighted by molar-refractivity contribution is 8.31. The molecule has 68 valence electrons. The predicted octanol–water partition coefficient (Wildman–Crippen LogP) is -1.31. The van der Waals surface area contributed by atoms with Crippen LogP contribution in [0.4, 0.5) is 0 Å². The molecule has 0 spiro atoms. The van der Waals surface area contributed by atoms with Gasteiger partial charge < -0.3 is 4.43 Å². The van der Waals surface area contributed by atoms with Gasteiger partial charge in [0.1, 0.15) is 0 Å². The van der Waals surface area contributed by atoms with E-state index in [1.807, 2.05) is 0 Å². The Bertz CT molecular complexity index is 205. The fraction of sp³-hybridized carbons (Fsp3) is 0.333. The zero-order chi connectivity index (χ0) is 9.56. The Morgan fingerprint density at radius 3 is 2.42 bits per heavy atom. The summed E-state index contributed by atoms with van der Waals surface area (Å²) in [6, 6.07) is 0. The molecule has 0 saturated heterocycles. The van der Waals surface area contributed by atoms with Gasteiger partial charge >= 0.3 is 5.97 Å². The van der Waals surface area contributed by atoms with Crippen molar-refractivity contribution in [3.8, 4) is 0 Å². The molecular weight excluding hydrogens is 208 g/mol. The molecular formula is C6H12O3SSi2. The summed E-state index contributed by atoms with van der Waals surface area (Å²) in [6.45, 7) is 3.53. The van der Waals surface area contributed by atoms with Crippen molar-refractivity contribution in [2.24, 2.45) is 0 Å². The number of hydrogen-bond acceptors (Lipinski definition) is 4. The van der Waals surface area contributed by atoms with Crippen LogP contribution in [0.1, 0.15) is 12.8 Å². The molecule has 0 N–H and O–H groups in total. The van der Waals surface area contributed by atoms with Crippen LogP contribution in [-0.4, -0.2) is 31.0 Å². The second-order valence-electron chi connectivity index (χ2n) is 2.17.